The Morgan fingerprint density at radius 2 is 0.688 bits per heavy atom. The summed E-state index contributed by atoms with van der Waals surface area (Å²) >= 11 is 3.77. The third-order valence-electron chi connectivity index (χ3n) is 13.2. The topological polar surface area (TPSA) is 6.48 Å². The smallest absolute Gasteiger partial charge is 0.0640 e. The Labute approximate surface area is 381 Å². The first-order valence-electron chi connectivity index (χ1n) is 22.4. The van der Waals surface area contributed by atoms with E-state index in [4.69, 9.17) is 0 Å². The number of rotatable bonds is 8. The van der Waals surface area contributed by atoms with E-state index in [9.17, 15) is 0 Å². The lowest BCUT2D eigenvalue weighted by Gasteiger charge is -2.30. The monoisotopic (exact) mass is 858 g/mol. The van der Waals surface area contributed by atoms with Gasteiger partial charge in [0.2, 0.25) is 0 Å². The van der Waals surface area contributed by atoms with Crippen LogP contribution in [0.5, 0.6) is 0 Å². The van der Waals surface area contributed by atoms with Gasteiger partial charge in [-0.05, 0) is 117 Å². The van der Waals surface area contributed by atoms with Gasteiger partial charge < -0.3 is 9.80 Å². The fourth-order valence-corrected chi connectivity index (χ4v) is 12.3. The van der Waals surface area contributed by atoms with Gasteiger partial charge in [-0.2, -0.15) is 0 Å². The average molecular weight is 859 g/mol. The van der Waals surface area contributed by atoms with Crippen LogP contribution in [0.3, 0.4) is 0 Å². The molecule has 0 saturated heterocycles. The van der Waals surface area contributed by atoms with Gasteiger partial charge >= 0.3 is 0 Å². The van der Waals surface area contributed by atoms with Crippen molar-refractivity contribution in [1.29, 1.82) is 0 Å². The van der Waals surface area contributed by atoms with E-state index in [0.29, 0.717) is 11.8 Å². The highest BCUT2D eigenvalue weighted by molar-refractivity contribution is 7.26. The number of fused-ring (bicyclic) bond motifs is 11. The Hall–Kier alpha value is -6.98. The zero-order valence-electron chi connectivity index (χ0n) is 36.3. The third-order valence-corrected chi connectivity index (χ3v) is 15.6. The molecule has 0 atom stereocenters. The molecule has 64 heavy (non-hydrogen) atoms. The van der Waals surface area contributed by atoms with Gasteiger partial charge in [-0.3, -0.25) is 0 Å². The van der Waals surface area contributed by atoms with E-state index >= 15 is 0 Å². The Morgan fingerprint density at radius 1 is 0.297 bits per heavy atom. The Bertz CT molecular complexity index is 3500. The number of nitrogens with zero attached hydrogens (tertiary/aromatic N) is 2. The zero-order chi connectivity index (χ0) is 43.1. The van der Waals surface area contributed by atoms with Crippen LogP contribution in [0.15, 0.2) is 194 Å². The molecule has 0 unspecified atom stereocenters. The number of hydrogen-bond donors (Lipinski definition) is 0. The molecule has 0 radical (unpaired) electrons. The van der Waals surface area contributed by atoms with Crippen molar-refractivity contribution in [2.45, 2.75) is 39.5 Å². The van der Waals surface area contributed by atoms with Crippen LogP contribution in [0.25, 0.3) is 72.7 Å². The summed E-state index contributed by atoms with van der Waals surface area (Å²) in [5.74, 6) is 0.724. The van der Waals surface area contributed by atoms with Crippen LogP contribution in [0.1, 0.15) is 50.7 Å². The van der Waals surface area contributed by atoms with Gasteiger partial charge in [0.15, 0.2) is 0 Å². The van der Waals surface area contributed by atoms with Gasteiger partial charge in [0, 0.05) is 53.1 Å². The van der Waals surface area contributed by atoms with Crippen molar-refractivity contribution in [3.8, 4) is 0 Å². The van der Waals surface area contributed by atoms with E-state index in [1.807, 2.05) is 22.7 Å². The molecule has 2 heterocycles. The number of para-hydroxylation sites is 2. The highest BCUT2D eigenvalue weighted by Crippen LogP contribution is 2.52. The van der Waals surface area contributed by atoms with Crippen molar-refractivity contribution >= 4 is 129 Å². The largest absolute Gasteiger partial charge is 0.308 e. The van der Waals surface area contributed by atoms with Crippen LogP contribution in [0, 0.1) is 0 Å². The average Bonchev–Trinajstić information content (AvgIpc) is 3.92. The molecule has 4 heteroatoms. The summed E-state index contributed by atoms with van der Waals surface area (Å²) in [6, 6.07) is 72.7. The predicted octanol–water partition coefficient (Wildman–Crippen LogP) is 19.1. The minimum Gasteiger partial charge on any atom is -0.308 e. The van der Waals surface area contributed by atoms with E-state index in [2.05, 4.69) is 232 Å². The number of thiophene rings is 2. The fraction of sp³-hybridized carbons (Fsp3) is 0.100. The van der Waals surface area contributed by atoms with E-state index in [1.54, 1.807) is 0 Å². The second-order valence-electron chi connectivity index (χ2n) is 17.7. The second-order valence-corrected chi connectivity index (χ2v) is 19.8. The van der Waals surface area contributed by atoms with Crippen LogP contribution in [0.4, 0.5) is 34.1 Å². The first-order valence-corrected chi connectivity index (χ1v) is 24.0. The van der Waals surface area contributed by atoms with Crippen LogP contribution < -0.4 is 9.80 Å². The summed E-state index contributed by atoms with van der Waals surface area (Å²) in [4.78, 5) is 5.06. The van der Waals surface area contributed by atoms with E-state index < -0.39 is 0 Å². The lowest BCUT2D eigenvalue weighted by molar-refractivity contribution is 0.868. The quantitative estimate of drug-likeness (QED) is 0.141. The molecule has 12 rings (SSSR count). The van der Waals surface area contributed by atoms with Crippen molar-refractivity contribution in [3.05, 3.63) is 205 Å². The maximum Gasteiger partial charge on any atom is 0.0640 e. The molecule has 0 aliphatic rings. The molecule has 12 aromatic rings. The Morgan fingerprint density at radius 3 is 1.11 bits per heavy atom. The van der Waals surface area contributed by atoms with Gasteiger partial charge in [0.05, 0.1) is 32.1 Å². The van der Waals surface area contributed by atoms with Crippen LogP contribution in [0.2, 0.25) is 0 Å². The molecule has 308 valence electrons. The SMILES string of the molecule is CC(C)c1ccc2c(c1)c(N(c1ccccc1)c1cccc3c1sc1ccccc13)cc1c3ccc(C(C)C)cc3c(N(c3ccccc3)c3cccc4c3sc3ccccc34)cc21. The number of benzene rings is 10. The molecule has 0 N–H and O–H groups in total. The summed E-state index contributed by atoms with van der Waals surface area (Å²) in [6.45, 7) is 9.22. The van der Waals surface area contributed by atoms with Gasteiger partial charge in [0.25, 0.3) is 0 Å². The summed E-state index contributed by atoms with van der Waals surface area (Å²) in [5.41, 5.74) is 9.66. The Kier molecular flexibility index (Phi) is 9.29. The van der Waals surface area contributed by atoms with E-state index in [0.717, 1.165) is 11.4 Å². The minimum absolute atomic E-state index is 0.362. The first kappa shape index (κ1) is 38.7. The van der Waals surface area contributed by atoms with Gasteiger partial charge in [-0.25, -0.2) is 0 Å². The number of hydrogen-bond acceptors (Lipinski definition) is 4. The summed E-state index contributed by atoms with van der Waals surface area (Å²) in [6.07, 6.45) is 0. The number of anilines is 6. The summed E-state index contributed by atoms with van der Waals surface area (Å²) in [7, 11) is 0. The lowest BCUT2D eigenvalue weighted by atomic mass is 9.89. The molecule has 0 aliphatic heterocycles. The molecular formula is C60H46N2S2. The van der Waals surface area contributed by atoms with Crippen LogP contribution in [-0.2, 0) is 0 Å². The van der Waals surface area contributed by atoms with Crippen LogP contribution >= 0.6 is 22.7 Å². The fourth-order valence-electron chi connectivity index (χ4n) is 9.92. The normalized spacial score (nSPS) is 12.0. The van der Waals surface area contributed by atoms with Crippen molar-refractivity contribution < 1.29 is 0 Å². The second kappa shape index (κ2) is 15.4. The van der Waals surface area contributed by atoms with E-state index in [-0.39, 0.29) is 0 Å². The summed E-state index contributed by atoms with van der Waals surface area (Å²) in [5, 5.41) is 12.6. The zero-order valence-corrected chi connectivity index (χ0v) is 38.0. The minimum atomic E-state index is 0.362. The van der Waals surface area contributed by atoms with Crippen molar-refractivity contribution in [2.24, 2.45) is 0 Å². The molecule has 0 aliphatic carbocycles. The molecule has 0 spiro atoms. The molecule has 0 fully saturated rings. The van der Waals surface area contributed by atoms with Crippen molar-refractivity contribution in [2.75, 3.05) is 9.80 Å². The predicted molar refractivity (Wildman–Crippen MR) is 282 cm³/mol. The molecule has 2 aromatic heterocycles. The molecule has 0 bridgehead atoms. The van der Waals surface area contributed by atoms with Gasteiger partial charge in [-0.1, -0.05) is 149 Å². The van der Waals surface area contributed by atoms with Crippen molar-refractivity contribution in [1.82, 2.24) is 0 Å². The third kappa shape index (κ3) is 6.19. The molecule has 10 aromatic carbocycles. The van der Waals surface area contributed by atoms with Gasteiger partial charge in [0.1, 0.15) is 0 Å². The molecule has 0 amide bonds. The molecule has 2 nitrogen and oxygen atoms in total. The molecular weight excluding hydrogens is 813 g/mol. The van der Waals surface area contributed by atoms with Crippen LogP contribution in [-0.4, -0.2) is 0 Å². The highest BCUT2D eigenvalue weighted by atomic mass is 32.1. The maximum absolute atomic E-state index is 2.53. The Balaban J connectivity index is 1.22. The van der Waals surface area contributed by atoms with E-state index in [1.165, 1.54) is 107 Å². The summed E-state index contributed by atoms with van der Waals surface area (Å²) < 4.78 is 5.18. The van der Waals surface area contributed by atoms with Crippen molar-refractivity contribution in [3.63, 3.8) is 0 Å². The highest BCUT2D eigenvalue weighted by Gasteiger charge is 2.26. The lowest BCUT2D eigenvalue weighted by Crippen LogP contribution is -2.12. The maximum atomic E-state index is 2.53. The molecule has 0 saturated carbocycles. The first-order chi connectivity index (χ1) is 31.4. The standard InChI is InChI=1S/C60H46N2S2/c1-37(2)39-29-31-43-49-36-56(62(42-19-9-6-10-20-42)54-26-16-24-48-46-22-12-14-28-58(46)64-60(48)54)52-34-40(38(3)4)30-32-44(52)50(49)35-55(51(43)33-39)61(41-17-7-5-8-18-41)53-25-15-23-47-45-21-11-13-27-57(45)63-59(47)53/h5-38H,1-4H3. The van der Waals surface area contributed by atoms with Gasteiger partial charge in [-0.15, -0.1) is 22.7 Å².